The van der Waals surface area contributed by atoms with Crippen molar-refractivity contribution in [3.63, 3.8) is 0 Å². The second-order valence-corrected chi connectivity index (χ2v) is 3.46. The zero-order chi connectivity index (χ0) is 12.5. The van der Waals surface area contributed by atoms with Gasteiger partial charge in [0.15, 0.2) is 0 Å². The van der Waals surface area contributed by atoms with Crippen molar-refractivity contribution in [3.05, 3.63) is 29.8 Å². The molecule has 0 aliphatic carbocycles. The molecule has 0 spiro atoms. The fourth-order valence-corrected chi connectivity index (χ4v) is 1.30. The number of rotatable bonds is 7. The molecule has 0 aliphatic rings. The molecule has 1 aromatic rings. The van der Waals surface area contributed by atoms with Crippen LogP contribution in [0.15, 0.2) is 24.3 Å². The van der Waals surface area contributed by atoms with E-state index >= 15 is 0 Å². The average molecular weight is 239 g/mol. The first-order valence-electron chi connectivity index (χ1n) is 5.50. The Labute approximate surface area is 100 Å². The summed E-state index contributed by atoms with van der Waals surface area (Å²) in [6, 6.07) is 6.39. The number of carbonyl (C=O) groups is 1. The number of hydrogen-bond donors (Lipinski definition) is 3. The molecule has 3 N–H and O–H groups in total. The highest BCUT2D eigenvalue weighted by molar-refractivity contribution is 5.96. The van der Waals surface area contributed by atoms with Gasteiger partial charge in [-0.1, -0.05) is 12.1 Å². The van der Waals surface area contributed by atoms with Crippen LogP contribution >= 0.6 is 0 Å². The number of benzene rings is 1. The Bertz CT molecular complexity index is 354. The molecule has 1 amide bonds. The highest BCUT2D eigenvalue weighted by Crippen LogP contribution is 2.14. The summed E-state index contributed by atoms with van der Waals surface area (Å²) in [5, 5.41) is 20.6. The van der Waals surface area contributed by atoms with Crippen molar-refractivity contribution in [3.8, 4) is 5.75 Å². The van der Waals surface area contributed by atoms with Gasteiger partial charge < -0.3 is 20.3 Å². The topological polar surface area (TPSA) is 78.8 Å². The minimum atomic E-state index is -0.301. The Morgan fingerprint density at radius 2 is 2.06 bits per heavy atom. The van der Waals surface area contributed by atoms with Crippen LogP contribution in [-0.2, 0) is 4.74 Å². The van der Waals surface area contributed by atoms with Crippen LogP contribution in [0.25, 0.3) is 0 Å². The van der Waals surface area contributed by atoms with Gasteiger partial charge in [-0.15, -0.1) is 0 Å². The van der Waals surface area contributed by atoms with Crippen molar-refractivity contribution in [2.75, 3.05) is 26.4 Å². The number of ether oxygens (including phenoxy) is 1. The molecule has 5 nitrogen and oxygen atoms in total. The first kappa shape index (κ1) is 13.5. The molecule has 0 unspecified atom stereocenters. The summed E-state index contributed by atoms with van der Waals surface area (Å²) < 4.78 is 5.04. The number of amides is 1. The first-order chi connectivity index (χ1) is 8.25. The van der Waals surface area contributed by atoms with Gasteiger partial charge in [0.05, 0.1) is 18.8 Å². The van der Waals surface area contributed by atoms with Crippen LogP contribution in [0.4, 0.5) is 0 Å². The molecule has 17 heavy (non-hydrogen) atoms. The van der Waals surface area contributed by atoms with E-state index in [1.165, 1.54) is 6.07 Å². The maximum Gasteiger partial charge on any atom is 0.255 e. The minimum absolute atomic E-state index is 0.00421. The molecule has 5 heteroatoms. The Kier molecular flexibility index (Phi) is 6.06. The van der Waals surface area contributed by atoms with Gasteiger partial charge in [0.25, 0.3) is 5.91 Å². The van der Waals surface area contributed by atoms with Gasteiger partial charge in [0.1, 0.15) is 5.75 Å². The van der Waals surface area contributed by atoms with Crippen LogP contribution in [0, 0.1) is 0 Å². The Morgan fingerprint density at radius 3 is 2.76 bits per heavy atom. The maximum atomic E-state index is 11.6. The van der Waals surface area contributed by atoms with E-state index in [2.05, 4.69) is 5.32 Å². The minimum Gasteiger partial charge on any atom is -0.507 e. The van der Waals surface area contributed by atoms with E-state index < -0.39 is 0 Å². The molecule has 1 rings (SSSR count). The van der Waals surface area contributed by atoms with Crippen molar-refractivity contribution in [1.29, 1.82) is 0 Å². The molecule has 0 aromatic heterocycles. The lowest BCUT2D eigenvalue weighted by molar-refractivity contribution is 0.0866. The second-order valence-electron chi connectivity index (χ2n) is 3.46. The fraction of sp³-hybridized carbons (Fsp3) is 0.417. The van der Waals surface area contributed by atoms with Crippen molar-refractivity contribution >= 4 is 5.91 Å². The summed E-state index contributed by atoms with van der Waals surface area (Å²) in [5.41, 5.74) is 0.267. The summed E-state index contributed by atoms with van der Waals surface area (Å²) in [6.07, 6.45) is 0.666. The lowest BCUT2D eigenvalue weighted by Gasteiger charge is -2.06. The van der Waals surface area contributed by atoms with E-state index in [-0.39, 0.29) is 23.8 Å². The van der Waals surface area contributed by atoms with Gasteiger partial charge in [0, 0.05) is 13.2 Å². The summed E-state index contributed by atoms with van der Waals surface area (Å²) in [4.78, 5) is 11.6. The van der Waals surface area contributed by atoms with E-state index in [0.29, 0.717) is 26.2 Å². The van der Waals surface area contributed by atoms with Gasteiger partial charge in [-0.3, -0.25) is 4.79 Å². The van der Waals surface area contributed by atoms with Gasteiger partial charge >= 0.3 is 0 Å². The molecular formula is C12H17NO4. The standard InChI is InChI=1S/C12H17NO4/c14-7-9-17-8-3-6-13-12(16)10-4-1-2-5-11(10)15/h1-2,4-5,14-15H,3,6-9H2,(H,13,16). The molecule has 0 atom stereocenters. The maximum absolute atomic E-state index is 11.6. The summed E-state index contributed by atoms with van der Waals surface area (Å²) in [7, 11) is 0. The third kappa shape index (κ3) is 4.84. The average Bonchev–Trinajstić information content (AvgIpc) is 2.34. The molecular weight excluding hydrogens is 222 g/mol. The molecule has 0 saturated heterocycles. The Hall–Kier alpha value is -1.59. The van der Waals surface area contributed by atoms with E-state index in [0.717, 1.165) is 0 Å². The van der Waals surface area contributed by atoms with Crippen LogP contribution in [0.5, 0.6) is 5.75 Å². The fourth-order valence-electron chi connectivity index (χ4n) is 1.30. The van der Waals surface area contributed by atoms with Gasteiger partial charge in [-0.05, 0) is 18.6 Å². The third-order valence-corrected chi connectivity index (χ3v) is 2.14. The Morgan fingerprint density at radius 1 is 1.29 bits per heavy atom. The van der Waals surface area contributed by atoms with E-state index in [1.807, 2.05) is 0 Å². The number of hydrogen-bond acceptors (Lipinski definition) is 4. The Balaban J connectivity index is 2.24. The molecule has 1 aromatic carbocycles. The molecule has 94 valence electrons. The molecule has 0 bridgehead atoms. The van der Waals surface area contributed by atoms with Crippen molar-refractivity contribution in [1.82, 2.24) is 5.32 Å². The molecule has 0 radical (unpaired) electrons. The van der Waals surface area contributed by atoms with Crippen molar-refractivity contribution < 1.29 is 19.7 Å². The van der Waals surface area contributed by atoms with Gasteiger partial charge in [0.2, 0.25) is 0 Å². The van der Waals surface area contributed by atoms with Crippen LogP contribution in [-0.4, -0.2) is 42.5 Å². The second kappa shape index (κ2) is 7.65. The number of nitrogens with one attached hydrogen (secondary N) is 1. The number of para-hydroxylation sites is 1. The number of phenolic OH excluding ortho intramolecular Hbond substituents is 1. The zero-order valence-electron chi connectivity index (χ0n) is 9.56. The van der Waals surface area contributed by atoms with Crippen molar-refractivity contribution in [2.24, 2.45) is 0 Å². The SMILES string of the molecule is O=C(NCCCOCCO)c1ccccc1O. The highest BCUT2D eigenvalue weighted by Gasteiger charge is 2.08. The lowest BCUT2D eigenvalue weighted by atomic mass is 10.2. The van der Waals surface area contributed by atoms with Crippen molar-refractivity contribution in [2.45, 2.75) is 6.42 Å². The smallest absolute Gasteiger partial charge is 0.255 e. The monoisotopic (exact) mass is 239 g/mol. The number of aliphatic hydroxyl groups excluding tert-OH is 1. The number of aliphatic hydroxyl groups is 1. The molecule has 0 fully saturated rings. The quantitative estimate of drug-likeness (QED) is 0.606. The lowest BCUT2D eigenvalue weighted by Crippen LogP contribution is -2.25. The highest BCUT2D eigenvalue weighted by atomic mass is 16.5. The predicted octanol–water partition coefficient (Wildman–Crippen LogP) is 0.521. The number of phenols is 1. The van der Waals surface area contributed by atoms with Crippen LogP contribution in [0.3, 0.4) is 0 Å². The molecule has 0 aliphatic heterocycles. The van der Waals surface area contributed by atoms with E-state index in [1.54, 1.807) is 18.2 Å². The predicted molar refractivity (Wildman–Crippen MR) is 63.0 cm³/mol. The first-order valence-corrected chi connectivity index (χ1v) is 5.50. The summed E-state index contributed by atoms with van der Waals surface area (Å²) in [6.45, 7) is 1.28. The van der Waals surface area contributed by atoms with Crippen LogP contribution in [0.2, 0.25) is 0 Å². The van der Waals surface area contributed by atoms with E-state index in [9.17, 15) is 9.90 Å². The summed E-state index contributed by atoms with van der Waals surface area (Å²) in [5.74, 6) is -0.327. The van der Waals surface area contributed by atoms with Gasteiger partial charge in [-0.25, -0.2) is 0 Å². The third-order valence-electron chi connectivity index (χ3n) is 2.14. The number of carbonyl (C=O) groups excluding carboxylic acids is 1. The van der Waals surface area contributed by atoms with Crippen LogP contribution < -0.4 is 5.32 Å². The zero-order valence-corrected chi connectivity index (χ0v) is 9.56. The van der Waals surface area contributed by atoms with Crippen LogP contribution in [0.1, 0.15) is 16.8 Å². The largest absolute Gasteiger partial charge is 0.507 e. The molecule has 0 heterocycles. The van der Waals surface area contributed by atoms with E-state index in [4.69, 9.17) is 9.84 Å². The normalized spacial score (nSPS) is 10.2. The van der Waals surface area contributed by atoms with Gasteiger partial charge in [-0.2, -0.15) is 0 Å². The number of aromatic hydroxyl groups is 1. The summed E-state index contributed by atoms with van der Waals surface area (Å²) >= 11 is 0. The molecule has 0 saturated carbocycles.